The molecule has 3 heterocycles. The maximum absolute atomic E-state index is 6.03. The first-order chi connectivity index (χ1) is 10.3. The van der Waals surface area contributed by atoms with E-state index in [0.29, 0.717) is 12.4 Å². The smallest absolute Gasteiger partial charge is 0.147 e. The molecule has 2 N–H and O–H groups in total. The minimum absolute atomic E-state index is 0.538. The van der Waals surface area contributed by atoms with E-state index in [9.17, 15) is 0 Å². The molecule has 3 rings (SSSR count). The lowest BCUT2D eigenvalue weighted by atomic mass is 10.1. The SMILES string of the molecule is CN(Cc1ccccn1)c1snc(N)c1-c1cccnc1. The van der Waals surface area contributed by atoms with Crippen molar-refractivity contribution in [3.8, 4) is 11.1 Å². The predicted molar refractivity (Wildman–Crippen MR) is 86.1 cm³/mol. The van der Waals surface area contributed by atoms with Crippen LogP contribution in [0.2, 0.25) is 0 Å². The molecule has 0 saturated carbocycles. The van der Waals surface area contributed by atoms with E-state index in [1.54, 1.807) is 18.6 Å². The van der Waals surface area contributed by atoms with E-state index in [1.165, 1.54) is 11.5 Å². The zero-order chi connectivity index (χ0) is 14.7. The van der Waals surface area contributed by atoms with Gasteiger partial charge in [0.15, 0.2) is 0 Å². The van der Waals surface area contributed by atoms with Crippen LogP contribution in [-0.2, 0) is 6.54 Å². The van der Waals surface area contributed by atoms with Gasteiger partial charge in [-0.15, -0.1) is 0 Å². The molecule has 0 aliphatic heterocycles. The maximum Gasteiger partial charge on any atom is 0.147 e. The van der Waals surface area contributed by atoms with Gasteiger partial charge in [-0.2, -0.15) is 4.37 Å². The van der Waals surface area contributed by atoms with Gasteiger partial charge in [-0.3, -0.25) is 9.97 Å². The minimum atomic E-state index is 0.538. The second kappa shape index (κ2) is 5.88. The van der Waals surface area contributed by atoms with Crippen LogP contribution in [-0.4, -0.2) is 21.4 Å². The molecule has 0 spiro atoms. The van der Waals surface area contributed by atoms with Crippen LogP contribution in [0.5, 0.6) is 0 Å². The Morgan fingerprint density at radius 1 is 1.19 bits per heavy atom. The molecule has 0 unspecified atom stereocenters. The third-order valence-electron chi connectivity index (χ3n) is 3.12. The van der Waals surface area contributed by atoms with Crippen LogP contribution in [0.1, 0.15) is 5.69 Å². The van der Waals surface area contributed by atoms with Crippen LogP contribution in [0.25, 0.3) is 11.1 Å². The van der Waals surface area contributed by atoms with E-state index in [-0.39, 0.29) is 0 Å². The molecule has 0 aliphatic rings. The molecule has 6 heteroatoms. The summed E-state index contributed by atoms with van der Waals surface area (Å²) in [5.41, 5.74) is 8.95. The highest BCUT2D eigenvalue weighted by atomic mass is 32.1. The van der Waals surface area contributed by atoms with Gasteiger partial charge in [0.2, 0.25) is 0 Å². The Morgan fingerprint density at radius 3 is 2.81 bits per heavy atom. The van der Waals surface area contributed by atoms with Gasteiger partial charge in [0.25, 0.3) is 0 Å². The molecule has 0 fully saturated rings. The van der Waals surface area contributed by atoms with Gasteiger partial charge in [0.05, 0.1) is 17.8 Å². The quantitative estimate of drug-likeness (QED) is 0.802. The minimum Gasteiger partial charge on any atom is -0.382 e. The number of hydrogen-bond donors (Lipinski definition) is 1. The number of anilines is 2. The average molecular weight is 297 g/mol. The molecule has 5 nitrogen and oxygen atoms in total. The standard InChI is InChI=1S/C15H15N5S/c1-20(10-12-6-2-3-8-18-12)15-13(14(16)19-21-15)11-5-4-7-17-9-11/h2-9H,10H2,1H3,(H2,16,19). The summed E-state index contributed by atoms with van der Waals surface area (Å²) in [5.74, 6) is 0.538. The molecule has 3 aromatic heterocycles. The number of nitrogens with zero attached hydrogens (tertiary/aromatic N) is 4. The van der Waals surface area contributed by atoms with Crippen molar-refractivity contribution in [2.45, 2.75) is 6.54 Å². The second-order valence-corrected chi connectivity index (χ2v) is 5.42. The van der Waals surface area contributed by atoms with Crippen LogP contribution in [0.15, 0.2) is 48.9 Å². The summed E-state index contributed by atoms with van der Waals surface area (Å²) >= 11 is 1.39. The molecule has 0 aliphatic carbocycles. The average Bonchev–Trinajstić information content (AvgIpc) is 2.91. The van der Waals surface area contributed by atoms with Gasteiger partial charge in [-0.25, -0.2) is 0 Å². The van der Waals surface area contributed by atoms with Gasteiger partial charge >= 0.3 is 0 Å². The van der Waals surface area contributed by atoms with Crippen molar-refractivity contribution >= 4 is 22.4 Å². The Hall–Kier alpha value is -2.47. The van der Waals surface area contributed by atoms with Gasteiger partial charge < -0.3 is 10.6 Å². The molecule has 0 amide bonds. The summed E-state index contributed by atoms with van der Waals surface area (Å²) in [6.07, 6.45) is 5.35. The summed E-state index contributed by atoms with van der Waals surface area (Å²) in [7, 11) is 2.02. The molecule has 0 radical (unpaired) electrons. The second-order valence-electron chi connectivity index (χ2n) is 4.67. The highest BCUT2D eigenvalue weighted by Crippen LogP contribution is 2.38. The molecular formula is C15H15N5S. The third kappa shape index (κ3) is 2.85. The first kappa shape index (κ1) is 13.5. The van der Waals surface area contributed by atoms with Crippen molar-refractivity contribution in [2.75, 3.05) is 17.7 Å². The topological polar surface area (TPSA) is 67.9 Å². The van der Waals surface area contributed by atoms with Crippen LogP contribution in [0, 0.1) is 0 Å². The van der Waals surface area contributed by atoms with E-state index < -0.39 is 0 Å². The van der Waals surface area contributed by atoms with Crippen molar-refractivity contribution in [2.24, 2.45) is 0 Å². The van der Waals surface area contributed by atoms with Crippen LogP contribution in [0.4, 0.5) is 10.8 Å². The maximum atomic E-state index is 6.03. The van der Waals surface area contributed by atoms with Crippen molar-refractivity contribution in [3.05, 3.63) is 54.6 Å². The monoisotopic (exact) mass is 297 g/mol. The molecule has 21 heavy (non-hydrogen) atoms. The highest BCUT2D eigenvalue weighted by Gasteiger charge is 2.17. The summed E-state index contributed by atoms with van der Waals surface area (Å²) in [6, 6.07) is 9.79. The first-order valence-electron chi connectivity index (χ1n) is 6.52. The molecule has 0 bridgehead atoms. The fraction of sp³-hybridized carbons (Fsp3) is 0.133. The van der Waals surface area contributed by atoms with Gasteiger partial charge in [0, 0.05) is 31.2 Å². The molecular weight excluding hydrogens is 282 g/mol. The van der Waals surface area contributed by atoms with Crippen LogP contribution < -0.4 is 10.6 Å². The van der Waals surface area contributed by atoms with Crippen LogP contribution in [0.3, 0.4) is 0 Å². The highest BCUT2D eigenvalue weighted by molar-refractivity contribution is 7.11. The molecule has 0 saturated heterocycles. The fourth-order valence-electron chi connectivity index (χ4n) is 2.14. The molecule has 0 atom stereocenters. The van der Waals surface area contributed by atoms with Crippen molar-refractivity contribution in [1.29, 1.82) is 0 Å². The van der Waals surface area contributed by atoms with Gasteiger partial charge in [0.1, 0.15) is 10.8 Å². The number of aromatic nitrogens is 3. The van der Waals surface area contributed by atoms with E-state index in [1.807, 2.05) is 37.4 Å². The molecule has 3 aromatic rings. The van der Waals surface area contributed by atoms with E-state index in [0.717, 1.165) is 21.8 Å². The zero-order valence-corrected chi connectivity index (χ0v) is 12.4. The van der Waals surface area contributed by atoms with E-state index in [4.69, 9.17) is 5.73 Å². The number of nitrogens with two attached hydrogens (primary N) is 1. The predicted octanol–water partition coefficient (Wildman–Crippen LogP) is 2.82. The van der Waals surface area contributed by atoms with Crippen LogP contribution >= 0.6 is 11.5 Å². The summed E-state index contributed by atoms with van der Waals surface area (Å²) in [4.78, 5) is 10.6. The van der Waals surface area contributed by atoms with Crippen molar-refractivity contribution < 1.29 is 0 Å². The van der Waals surface area contributed by atoms with Crippen molar-refractivity contribution in [3.63, 3.8) is 0 Å². The lowest BCUT2D eigenvalue weighted by molar-refractivity contribution is 0.895. The fourth-order valence-corrected chi connectivity index (χ4v) is 2.94. The lowest BCUT2D eigenvalue weighted by Gasteiger charge is -2.18. The van der Waals surface area contributed by atoms with Crippen molar-refractivity contribution in [1.82, 2.24) is 14.3 Å². The largest absolute Gasteiger partial charge is 0.382 e. The van der Waals surface area contributed by atoms with E-state index >= 15 is 0 Å². The van der Waals surface area contributed by atoms with Gasteiger partial charge in [-0.05, 0) is 29.7 Å². The number of pyridine rings is 2. The number of hydrogen-bond acceptors (Lipinski definition) is 6. The summed E-state index contributed by atoms with van der Waals surface area (Å²) < 4.78 is 4.29. The Balaban J connectivity index is 1.93. The normalized spacial score (nSPS) is 10.5. The Kier molecular flexibility index (Phi) is 3.79. The molecule has 0 aromatic carbocycles. The summed E-state index contributed by atoms with van der Waals surface area (Å²) in [5, 5.41) is 1.02. The Labute approximate surface area is 127 Å². The Bertz CT molecular complexity index is 711. The summed E-state index contributed by atoms with van der Waals surface area (Å²) in [6.45, 7) is 0.704. The lowest BCUT2D eigenvalue weighted by Crippen LogP contribution is -2.16. The van der Waals surface area contributed by atoms with E-state index in [2.05, 4.69) is 19.2 Å². The molecule has 106 valence electrons. The zero-order valence-electron chi connectivity index (χ0n) is 11.6. The number of rotatable bonds is 4. The van der Waals surface area contributed by atoms with Gasteiger partial charge in [-0.1, -0.05) is 12.1 Å². The first-order valence-corrected chi connectivity index (χ1v) is 7.29. The number of nitrogen functional groups attached to an aromatic ring is 1. The third-order valence-corrected chi connectivity index (χ3v) is 4.10. The Morgan fingerprint density at radius 2 is 2.10 bits per heavy atom.